The third kappa shape index (κ3) is 13.4. The van der Waals surface area contributed by atoms with Gasteiger partial charge in [-0.15, -0.1) is 0 Å². The quantitative estimate of drug-likeness (QED) is 0.0830. The fraction of sp³-hybridized carbons (Fsp3) is 0.681. The Morgan fingerprint density at radius 1 is 0.875 bits per heavy atom. The number of ether oxygens (including phenoxy) is 8. The topological polar surface area (TPSA) is 240 Å². The van der Waals surface area contributed by atoms with Gasteiger partial charge in [0.25, 0.3) is 0 Å². The van der Waals surface area contributed by atoms with Gasteiger partial charge in [-0.3, -0.25) is 9.59 Å². The van der Waals surface area contributed by atoms with Crippen molar-refractivity contribution < 1.29 is 82.3 Å². The minimum absolute atomic E-state index is 0.0721. The highest BCUT2D eigenvalue weighted by Gasteiger charge is 2.59. The van der Waals surface area contributed by atoms with Crippen LogP contribution in [0.25, 0.3) is 0 Å². The molecule has 4 N–H and O–H groups in total. The Morgan fingerprint density at radius 2 is 1.56 bits per heavy atom. The molecule has 0 amide bonds. The number of fused-ring (bicyclic) bond motifs is 6. The number of aliphatic hydroxyl groups excluding tert-OH is 2. The molecule has 3 saturated heterocycles. The van der Waals surface area contributed by atoms with E-state index in [1.807, 2.05) is 13.0 Å². The number of carbonyl (C=O) groups excluding carboxylic acids is 5. The van der Waals surface area contributed by atoms with Crippen LogP contribution in [0.4, 0.5) is 0 Å². The lowest BCUT2D eigenvalue weighted by molar-refractivity contribution is -0.348. The first-order valence-electron chi connectivity index (χ1n) is 21.9. The molecule has 0 radical (unpaired) electrons. The number of rotatable bonds is 9. The Balaban J connectivity index is 1.89. The van der Waals surface area contributed by atoms with E-state index in [9.17, 15) is 44.4 Å². The molecule has 4 rings (SSSR count). The lowest BCUT2D eigenvalue weighted by Crippen LogP contribution is -2.62. The lowest BCUT2D eigenvalue weighted by Gasteiger charge is -2.53. The Labute approximate surface area is 375 Å². The second-order valence-corrected chi connectivity index (χ2v) is 18.3. The molecule has 0 aromatic carbocycles. The number of allylic oxidation sites excluding steroid dienone is 3. The fourth-order valence-electron chi connectivity index (χ4n) is 8.57. The van der Waals surface area contributed by atoms with Crippen molar-refractivity contribution in [2.75, 3.05) is 14.2 Å². The molecule has 11 atom stereocenters. The SMILES string of the molecule is CCC/C=C\C=C\C(=O)O[C@@H]1/C(=C/C(=O)OC)C[C@@H]2C[C@@H](C(C)O)OC(=O)C[C@@H](O)C[C@H]3C[C@@H](OC(C)=O)C(C)(C)[C@@](O)(C[C@H]4C/C(=C\C(=O)OC)C[C@@H](C=CC(C)(C)[C@@]1(O)O2)O4)O3. The van der Waals surface area contributed by atoms with E-state index in [2.05, 4.69) is 0 Å². The van der Waals surface area contributed by atoms with E-state index >= 15 is 0 Å². The van der Waals surface area contributed by atoms with Crippen molar-refractivity contribution >= 4 is 29.8 Å². The summed E-state index contributed by atoms with van der Waals surface area (Å²) in [7, 11) is 2.40. The number of hydrogen-bond donors (Lipinski definition) is 4. The number of methoxy groups -OCH3 is 2. The van der Waals surface area contributed by atoms with Gasteiger partial charge in [-0.05, 0) is 38.2 Å². The van der Waals surface area contributed by atoms with Gasteiger partial charge in [0.15, 0.2) is 11.9 Å². The Bertz CT molecular complexity index is 1830. The molecule has 17 nitrogen and oxygen atoms in total. The fourth-order valence-corrected chi connectivity index (χ4v) is 8.57. The largest absolute Gasteiger partial charge is 0.466 e. The Hall–Kier alpha value is -4.23. The molecule has 6 bridgehead atoms. The van der Waals surface area contributed by atoms with Gasteiger partial charge < -0.3 is 58.3 Å². The molecule has 4 heterocycles. The first-order valence-corrected chi connectivity index (χ1v) is 21.9. The van der Waals surface area contributed by atoms with Crippen LogP contribution in [0, 0.1) is 10.8 Å². The molecule has 4 aliphatic heterocycles. The third-order valence-corrected chi connectivity index (χ3v) is 12.4. The summed E-state index contributed by atoms with van der Waals surface area (Å²) in [5.41, 5.74) is -2.06. The first-order chi connectivity index (χ1) is 29.9. The van der Waals surface area contributed by atoms with Crippen molar-refractivity contribution in [2.24, 2.45) is 10.8 Å². The third-order valence-electron chi connectivity index (χ3n) is 12.4. The van der Waals surface area contributed by atoms with Gasteiger partial charge in [0.1, 0.15) is 12.2 Å². The van der Waals surface area contributed by atoms with Crippen molar-refractivity contribution in [1.29, 1.82) is 0 Å². The standard InChI is InChI=1S/C47H68O17/c1-10-11-12-13-14-15-39(51)62-43-31(22-41(53)58-9)21-34-25-37(28(2)48)61-42(54)24-32(50)23-35-26-38(59-29(3)49)45(6,7)46(55,63-35)27-36-19-30(20-40(52)57-8)18-33(60-36)16-17-44(4,5)47(43,56)64-34/h12-17,20,22,28,32-38,43,48,50,55-56H,10-11,18-19,21,23-27H2,1-9H3/b13-12-,15-14+,17-16?,30-20-,31-22+/t28?,32-,33+,34+,35-,36+,37-,38+,43+,46+,47-/m0/s1. The summed E-state index contributed by atoms with van der Waals surface area (Å²) in [6.07, 6.45) is 2.55. The van der Waals surface area contributed by atoms with Gasteiger partial charge >= 0.3 is 29.8 Å². The van der Waals surface area contributed by atoms with E-state index in [0.717, 1.165) is 32.1 Å². The number of carbonyl (C=O) groups is 5. The second-order valence-electron chi connectivity index (χ2n) is 18.3. The number of cyclic esters (lactones) is 1. The normalized spacial score (nSPS) is 35.3. The van der Waals surface area contributed by atoms with Crippen LogP contribution < -0.4 is 0 Å². The van der Waals surface area contributed by atoms with Gasteiger partial charge in [0, 0.05) is 56.3 Å². The van der Waals surface area contributed by atoms with Gasteiger partial charge in [-0.1, -0.05) is 77.0 Å². The molecule has 64 heavy (non-hydrogen) atoms. The van der Waals surface area contributed by atoms with E-state index in [1.165, 1.54) is 33.1 Å². The number of esters is 5. The highest BCUT2D eigenvalue weighted by atomic mass is 16.7. The molecule has 0 aromatic heterocycles. The summed E-state index contributed by atoms with van der Waals surface area (Å²) in [5, 5.41) is 47.5. The van der Waals surface area contributed by atoms with Crippen molar-refractivity contribution in [3.8, 4) is 0 Å². The molecule has 0 spiro atoms. The van der Waals surface area contributed by atoms with Crippen molar-refractivity contribution in [3.05, 3.63) is 59.8 Å². The Kier molecular flexibility index (Phi) is 18.3. The predicted molar refractivity (Wildman–Crippen MR) is 228 cm³/mol. The summed E-state index contributed by atoms with van der Waals surface area (Å²) in [6, 6.07) is 0. The molecule has 17 heteroatoms. The van der Waals surface area contributed by atoms with Gasteiger partial charge in [0.2, 0.25) is 5.79 Å². The highest BCUT2D eigenvalue weighted by Crippen LogP contribution is 2.50. The van der Waals surface area contributed by atoms with Crippen LogP contribution in [0.15, 0.2) is 59.8 Å². The van der Waals surface area contributed by atoms with Gasteiger partial charge in [0.05, 0.1) is 62.7 Å². The predicted octanol–water partition coefficient (Wildman–Crippen LogP) is 4.28. The molecule has 0 saturated carbocycles. The molecular weight excluding hydrogens is 836 g/mol. The van der Waals surface area contributed by atoms with E-state index in [4.69, 9.17) is 37.9 Å². The number of hydrogen-bond acceptors (Lipinski definition) is 17. The maximum Gasteiger partial charge on any atom is 0.331 e. The van der Waals surface area contributed by atoms with Crippen molar-refractivity contribution in [3.63, 3.8) is 0 Å². The van der Waals surface area contributed by atoms with Crippen LogP contribution in [0.2, 0.25) is 0 Å². The zero-order chi connectivity index (χ0) is 47.6. The van der Waals surface area contributed by atoms with Crippen LogP contribution in [0.3, 0.4) is 0 Å². The minimum atomic E-state index is -2.47. The van der Waals surface area contributed by atoms with Crippen LogP contribution in [0.1, 0.15) is 113 Å². The average molecular weight is 905 g/mol. The van der Waals surface area contributed by atoms with Crippen LogP contribution in [-0.2, 0) is 61.9 Å². The van der Waals surface area contributed by atoms with Crippen LogP contribution in [-0.4, -0.2) is 131 Å². The molecule has 4 aliphatic rings. The van der Waals surface area contributed by atoms with E-state index in [0.29, 0.717) is 5.57 Å². The van der Waals surface area contributed by atoms with E-state index in [1.54, 1.807) is 45.9 Å². The number of aliphatic hydroxyl groups is 4. The zero-order valence-electron chi connectivity index (χ0n) is 38.5. The van der Waals surface area contributed by atoms with E-state index < -0.39 is 114 Å². The zero-order valence-corrected chi connectivity index (χ0v) is 38.5. The maximum absolute atomic E-state index is 13.4. The molecule has 0 aliphatic carbocycles. The Morgan fingerprint density at radius 3 is 2.20 bits per heavy atom. The van der Waals surface area contributed by atoms with Crippen LogP contribution in [0.5, 0.6) is 0 Å². The molecular formula is C47H68O17. The second kappa shape index (κ2) is 22.3. The summed E-state index contributed by atoms with van der Waals surface area (Å²) >= 11 is 0. The molecule has 1 unspecified atom stereocenters. The summed E-state index contributed by atoms with van der Waals surface area (Å²) in [4.78, 5) is 64.7. The molecule has 358 valence electrons. The van der Waals surface area contributed by atoms with Gasteiger partial charge in [-0.25, -0.2) is 14.4 Å². The molecule has 0 aromatic rings. The summed E-state index contributed by atoms with van der Waals surface area (Å²) in [5.74, 6) is -8.31. The van der Waals surface area contributed by atoms with Crippen molar-refractivity contribution in [2.45, 2.75) is 179 Å². The minimum Gasteiger partial charge on any atom is -0.466 e. The summed E-state index contributed by atoms with van der Waals surface area (Å²) in [6.45, 7) is 11.2. The maximum atomic E-state index is 13.4. The highest BCUT2D eigenvalue weighted by molar-refractivity contribution is 5.85. The summed E-state index contributed by atoms with van der Waals surface area (Å²) < 4.78 is 46.7. The smallest absolute Gasteiger partial charge is 0.331 e. The first kappa shape index (κ1) is 52.4. The number of unbranched alkanes of at least 4 members (excludes halogenated alkanes) is 1. The van der Waals surface area contributed by atoms with E-state index in [-0.39, 0.29) is 50.5 Å². The molecule has 3 fully saturated rings. The lowest BCUT2D eigenvalue weighted by atomic mass is 9.70. The monoisotopic (exact) mass is 904 g/mol. The van der Waals surface area contributed by atoms with Crippen molar-refractivity contribution in [1.82, 2.24) is 0 Å². The van der Waals surface area contributed by atoms with Crippen LogP contribution >= 0.6 is 0 Å². The average Bonchev–Trinajstić information content (AvgIpc) is 3.19. The van der Waals surface area contributed by atoms with Gasteiger partial charge in [-0.2, -0.15) is 0 Å².